The second kappa shape index (κ2) is 10.5. The molecule has 150 valence electrons. The molecule has 0 aliphatic rings. The van der Waals surface area contributed by atoms with Gasteiger partial charge in [-0.25, -0.2) is 0 Å². The van der Waals surface area contributed by atoms with Crippen LogP contribution in [0.3, 0.4) is 0 Å². The third-order valence-electron chi connectivity index (χ3n) is 4.75. The van der Waals surface area contributed by atoms with Crippen LogP contribution in [0, 0.1) is 0 Å². The largest absolute Gasteiger partial charge is 0.352 e. The summed E-state index contributed by atoms with van der Waals surface area (Å²) in [5.74, 6) is -0.380. The van der Waals surface area contributed by atoms with Gasteiger partial charge < -0.3 is 10.2 Å². The molecule has 0 aliphatic heterocycles. The molecule has 0 saturated heterocycles. The van der Waals surface area contributed by atoms with Crippen LogP contribution in [0.1, 0.15) is 38.3 Å². The smallest absolute Gasteiger partial charge is 0.242 e. The number of halogens is 2. The topological polar surface area (TPSA) is 49.4 Å². The van der Waals surface area contributed by atoms with Gasteiger partial charge >= 0.3 is 0 Å². The van der Waals surface area contributed by atoms with Crippen LogP contribution in [0.2, 0.25) is 10.0 Å². The average molecular weight is 421 g/mol. The third kappa shape index (κ3) is 5.98. The third-order valence-corrected chi connectivity index (χ3v) is 5.46. The standard InChI is InChI=1S/C22H26Cl2N2O2/c1-4-15(2)25-22(28)16(3)26(14-17-9-6-5-7-10-17)21(27)13-18-19(23)11-8-12-20(18)24/h5-12,15-16H,4,13-14H2,1-3H3,(H,25,28)/t15-,16+/m0/s1. The van der Waals surface area contributed by atoms with Crippen LogP contribution in [0.5, 0.6) is 0 Å². The van der Waals surface area contributed by atoms with Gasteiger partial charge in [-0.3, -0.25) is 9.59 Å². The number of carbonyl (C=O) groups is 2. The van der Waals surface area contributed by atoms with Crippen LogP contribution in [0.4, 0.5) is 0 Å². The molecule has 2 aromatic rings. The van der Waals surface area contributed by atoms with E-state index in [9.17, 15) is 9.59 Å². The molecule has 2 amide bonds. The van der Waals surface area contributed by atoms with Crippen molar-refractivity contribution in [2.75, 3.05) is 0 Å². The molecule has 0 bridgehead atoms. The van der Waals surface area contributed by atoms with Gasteiger partial charge in [-0.05, 0) is 43.5 Å². The summed E-state index contributed by atoms with van der Waals surface area (Å²) >= 11 is 12.5. The minimum Gasteiger partial charge on any atom is -0.352 e. The van der Waals surface area contributed by atoms with Gasteiger partial charge in [0.25, 0.3) is 0 Å². The summed E-state index contributed by atoms with van der Waals surface area (Å²) in [7, 11) is 0. The first-order valence-electron chi connectivity index (χ1n) is 9.40. The van der Waals surface area contributed by atoms with Crippen molar-refractivity contribution < 1.29 is 9.59 Å². The summed E-state index contributed by atoms with van der Waals surface area (Å²) in [4.78, 5) is 27.4. The Morgan fingerprint density at radius 3 is 2.18 bits per heavy atom. The molecule has 2 atom stereocenters. The summed E-state index contributed by atoms with van der Waals surface area (Å²) in [5.41, 5.74) is 1.52. The lowest BCUT2D eigenvalue weighted by atomic mass is 10.1. The van der Waals surface area contributed by atoms with E-state index >= 15 is 0 Å². The zero-order valence-electron chi connectivity index (χ0n) is 16.4. The Morgan fingerprint density at radius 1 is 1.00 bits per heavy atom. The maximum absolute atomic E-state index is 13.2. The lowest BCUT2D eigenvalue weighted by Gasteiger charge is -2.30. The number of nitrogens with one attached hydrogen (secondary N) is 1. The number of hydrogen-bond donors (Lipinski definition) is 1. The average Bonchev–Trinajstić information content (AvgIpc) is 2.69. The Bertz CT molecular complexity index is 791. The van der Waals surface area contributed by atoms with E-state index in [0.717, 1.165) is 12.0 Å². The number of benzene rings is 2. The van der Waals surface area contributed by atoms with Gasteiger partial charge in [0.05, 0.1) is 6.42 Å². The molecular weight excluding hydrogens is 395 g/mol. The molecule has 0 fully saturated rings. The summed E-state index contributed by atoms with van der Waals surface area (Å²) in [6, 6.07) is 14.2. The summed E-state index contributed by atoms with van der Waals surface area (Å²) in [5, 5.41) is 3.84. The molecule has 2 aromatic carbocycles. The van der Waals surface area contributed by atoms with Crippen molar-refractivity contribution in [3.8, 4) is 0 Å². The zero-order valence-corrected chi connectivity index (χ0v) is 17.9. The zero-order chi connectivity index (χ0) is 20.7. The van der Waals surface area contributed by atoms with E-state index in [-0.39, 0.29) is 24.3 Å². The number of amides is 2. The van der Waals surface area contributed by atoms with E-state index in [1.807, 2.05) is 44.2 Å². The molecule has 28 heavy (non-hydrogen) atoms. The number of rotatable bonds is 8. The van der Waals surface area contributed by atoms with Crippen molar-refractivity contribution in [3.05, 3.63) is 69.7 Å². The first kappa shape index (κ1) is 22.3. The molecule has 4 nitrogen and oxygen atoms in total. The van der Waals surface area contributed by atoms with Crippen LogP contribution < -0.4 is 5.32 Å². The molecule has 0 aliphatic carbocycles. The lowest BCUT2D eigenvalue weighted by Crippen LogP contribution is -2.49. The monoisotopic (exact) mass is 420 g/mol. The van der Waals surface area contributed by atoms with Crippen molar-refractivity contribution in [1.29, 1.82) is 0 Å². The fourth-order valence-electron chi connectivity index (χ4n) is 2.78. The maximum Gasteiger partial charge on any atom is 0.242 e. The number of hydrogen-bond acceptors (Lipinski definition) is 2. The Labute approximate surface area is 176 Å². The van der Waals surface area contributed by atoms with Gasteiger partial charge in [0.1, 0.15) is 6.04 Å². The molecule has 0 aromatic heterocycles. The van der Waals surface area contributed by atoms with Gasteiger partial charge in [0.2, 0.25) is 11.8 Å². The molecule has 0 unspecified atom stereocenters. The van der Waals surface area contributed by atoms with E-state index in [1.165, 1.54) is 0 Å². The summed E-state index contributed by atoms with van der Waals surface area (Å²) in [6.07, 6.45) is 0.854. The highest BCUT2D eigenvalue weighted by Gasteiger charge is 2.27. The van der Waals surface area contributed by atoms with Crippen molar-refractivity contribution in [2.24, 2.45) is 0 Å². The first-order chi connectivity index (χ1) is 13.3. The van der Waals surface area contributed by atoms with Crippen LogP contribution in [0.25, 0.3) is 0 Å². The van der Waals surface area contributed by atoms with Gasteiger partial charge in [-0.1, -0.05) is 66.5 Å². The predicted octanol–water partition coefficient (Wildman–Crippen LogP) is 4.87. The lowest BCUT2D eigenvalue weighted by molar-refractivity contribution is -0.140. The van der Waals surface area contributed by atoms with Crippen LogP contribution >= 0.6 is 23.2 Å². The molecule has 2 rings (SSSR count). The molecule has 0 heterocycles. The molecule has 6 heteroatoms. The van der Waals surface area contributed by atoms with E-state index in [4.69, 9.17) is 23.2 Å². The normalized spacial score (nSPS) is 12.9. The fourth-order valence-corrected chi connectivity index (χ4v) is 3.31. The molecule has 0 radical (unpaired) electrons. The maximum atomic E-state index is 13.2. The van der Waals surface area contributed by atoms with Gasteiger partial charge in [0.15, 0.2) is 0 Å². The highest BCUT2D eigenvalue weighted by molar-refractivity contribution is 6.36. The molecule has 1 N–H and O–H groups in total. The van der Waals surface area contributed by atoms with Crippen molar-refractivity contribution >= 4 is 35.0 Å². The van der Waals surface area contributed by atoms with Gasteiger partial charge in [-0.2, -0.15) is 0 Å². The minimum atomic E-state index is -0.622. The Morgan fingerprint density at radius 2 is 1.61 bits per heavy atom. The van der Waals surface area contributed by atoms with Crippen molar-refractivity contribution in [1.82, 2.24) is 10.2 Å². The first-order valence-corrected chi connectivity index (χ1v) is 10.2. The van der Waals surface area contributed by atoms with Crippen LogP contribution in [-0.2, 0) is 22.6 Å². The highest BCUT2D eigenvalue weighted by atomic mass is 35.5. The van der Waals surface area contributed by atoms with Gasteiger partial charge in [-0.15, -0.1) is 0 Å². The second-order valence-electron chi connectivity index (χ2n) is 6.88. The Hall–Kier alpha value is -2.04. The van der Waals surface area contributed by atoms with Crippen LogP contribution in [0.15, 0.2) is 48.5 Å². The highest BCUT2D eigenvalue weighted by Crippen LogP contribution is 2.26. The van der Waals surface area contributed by atoms with E-state index in [1.54, 1.807) is 30.0 Å². The summed E-state index contributed by atoms with van der Waals surface area (Å²) in [6.45, 7) is 6.02. The Balaban J connectivity index is 2.26. The predicted molar refractivity (Wildman–Crippen MR) is 115 cm³/mol. The molecule has 0 spiro atoms. The SMILES string of the molecule is CC[C@H](C)NC(=O)[C@@H](C)N(Cc1ccccc1)C(=O)Cc1c(Cl)cccc1Cl. The summed E-state index contributed by atoms with van der Waals surface area (Å²) < 4.78 is 0. The number of carbonyl (C=O) groups excluding carboxylic acids is 2. The van der Waals surface area contributed by atoms with Crippen molar-refractivity contribution in [2.45, 2.75) is 52.2 Å². The van der Waals surface area contributed by atoms with E-state index < -0.39 is 6.04 Å². The van der Waals surface area contributed by atoms with E-state index in [2.05, 4.69) is 5.32 Å². The molecule has 0 saturated carbocycles. The number of nitrogens with zero attached hydrogens (tertiary/aromatic N) is 1. The fraction of sp³-hybridized carbons (Fsp3) is 0.364. The second-order valence-corrected chi connectivity index (χ2v) is 7.69. The van der Waals surface area contributed by atoms with Gasteiger partial charge in [0, 0.05) is 22.6 Å². The van der Waals surface area contributed by atoms with Crippen molar-refractivity contribution in [3.63, 3.8) is 0 Å². The minimum absolute atomic E-state index is 0.0340. The van der Waals surface area contributed by atoms with E-state index in [0.29, 0.717) is 22.2 Å². The quantitative estimate of drug-likeness (QED) is 0.661. The van der Waals surface area contributed by atoms with Crippen LogP contribution in [-0.4, -0.2) is 28.8 Å². The Kier molecular flexibility index (Phi) is 8.34. The molecular formula is C22H26Cl2N2O2.